The minimum Gasteiger partial charge on any atom is -0.340 e. The number of fused-ring (bicyclic) bond motifs is 5. The molecule has 1 unspecified atom stereocenters. The standard InChI is InChI=1S/C24H23N3O2/c25-13-17(26-23(28)20-11-14-5-7-16(20)9-14)10-15-6-8-18-19-3-1-2-4-22(19)27-24(29)21(18)12-15/h1-4,6,8,12,14,16-17,20H,5,7,9-11H2,(H,26,28)(H,27,29)/t14-,16+,17?,20+/m1/s1. The van der Waals surface area contributed by atoms with E-state index in [0.717, 1.165) is 41.1 Å². The van der Waals surface area contributed by atoms with Crippen molar-refractivity contribution in [1.82, 2.24) is 10.3 Å². The van der Waals surface area contributed by atoms with Gasteiger partial charge in [-0.25, -0.2) is 0 Å². The molecule has 2 aromatic carbocycles. The Labute approximate surface area is 168 Å². The van der Waals surface area contributed by atoms with Crippen LogP contribution in [0.1, 0.15) is 31.2 Å². The molecule has 4 atom stereocenters. The summed E-state index contributed by atoms with van der Waals surface area (Å²) >= 11 is 0. The van der Waals surface area contributed by atoms with Gasteiger partial charge in [-0.2, -0.15) is 5.26 Å². The molecule has 2 fully saturated rings. The molecule has 0 radical (unpaired) electrons. The highest BCUT2D eigenvalue weighted by molar-refractivity contribution is 6.05. The quantitative estimate of drug-likeness (QED) is 0.672. The topological polar surface area (TPSA) is 85.8 Å². The van der Waals surface area contributed by atoms with Gasteiger partial charge in [-0.3, -0.25) is 9.59 Å². The summed E-state index contributed by atoms with van der Waals surface area (Å²) in [5.74, 6) is 1.27. The first-order valence-electron chi connectivity index (χ1n) is 10.4. The van der Waals surface area contributed by atoms with Gasteiger partial charge in [0.25, 0.3) is 5.56 Å². The fraction of sp³-hybridized carbons (Fsp3) is 0.375. The van der Waals surface area contributed by atoms with E-state index in [0.29, 0.717) is 23.6 Å². The second kappa shape index (κ2) is 7.04. The van der Waals surface area contributed by atoms with Gasteiger partial charge in [-0.15, -0.1) is 0 Å². The fourth-order valence-corrected chi connectivity index (χ4v) is 5.37. The Morgan fingerprint density at radius 3 is 2.76 bits per heavy atom. The van der Waals surface area contributed by atoms with Gasteiger partial charge in [0.05, 0.1) is 6.07 Å². The van der Waals surface area contributed by atoms with Crippen molar-refractivity contribution in [2.75, 3.05) is 0 Å². The van der Waals surface area contributed by atoms with Crippen LogP contribution in [0.4, 0.5) is 0 Å². The molecule has 0 aliphatic heterocycles. The Kier molecular flexibility index (Phi) is 4.35. The third kappa shape index (κ3) is 3.19. The summed E-state index contributed by atoms with van der Waals surface area (Å²) in [5, 5.41) is 15.0. The van der Waals surface area contributed by atoms with Crippen LogP contribution in [0.5, 0.6) is 0 Å². The van der Waals surface area contributed by atoms with Crippen LogP contribution in [0.15, 0.2) is 47.3 Å². The SMILES string of the molecule is N#CC(Cc1ccc2c(c1)c(=O)[nH]c1ccccc12)NC(=O)[C@H]1C[C@@H]2CC[C@H]1C2. The molecule has 3 aromatic rings. The number of aromatic nitrogens is 1. The summed E-state index contributed by atoms with van der Waals surface area (Å²) in [5.41, 5.74) is 1.55. The van der Waals surface area contributed by atoms with Crippen LogP contribution in [0.2, 0.25) is 0 Å². The monoisotopic (exact) mass is 385 g/mol. The molecule has 5 heteroatoms. The van der Waals surface area contributed by atoms with Crippen LogP contribution in [-0.4, -0.2) is 16.9 Å². The number of hydrogen-bond donors (Lipinski definition) is 2. The minimum atomic E-state index is -0.585. The van der Waals surface area contributed by atoms with Gasteiger partial charge in [-0.1, -0.05) is 36.8 Å². The molecule has 5 rings (SSSR count). The van der Waals surface area contributed by atoms with Gasteiger partial charge in [0.2, 0.25) is 5.91 Å². The number of hydrogen-bond acceptors (Lipinski definition) is 3. The average Bonchev–Trinajstić information content (AvgIpc) is 3.37. The van der Waals surface area contributed by atoms with E-state index in [2.05, 4.69) is 16.4 Å². The van der Waals surface area contributed by atoms with Crippen LogP contribution in [0.25, 0.3) is 21.7 Å². The van der Waals surface area contributed by atoms with E-state index in [-0.39, 0.29) is 17.4 Å². The lowest BCUT2D eigenvalue weighted by Gasteiger charge is -2.22. The van der Waals surface area contributed by atoms with Crippen molar-refractivity contribution in [1.29, 1.82) is 5.26 Å². The van der Waals surface area contributed by atoms with Crippen molar-refractivity contribution in [2.24, 2.45) is 17.8 Å². The fourth-order valence-electron chi connectivity index (χ4n) is 5.37. The van der Waals surface area contributed by atoms with E-state index in [4.69, 9.17) is 0 Å². The molecule has 1 aromatic heterocycles. The molecule has 0 spiro atoms. The van der Waals surface area contributed by atoms with Crippen molar-refractivity contribution < 1.29 is 4.79 Å². The van der Waals surface area contributed by atoms with Crippen molar-refractivity contribution in [3.05, 3.63) is 58.4 Å². The number of nitriles is 1. The summed E-state index contributed by atoms with van der Waals surface area (Å²) < 4.78 is 0. The molecule has 0 saturated heterocycles. The van der Waals surface area contributed by atoms with Gasteiger partial charge in [-0.05, 0) is 54.2 Å². The van der Waals surface area contributed by atoms with Crippen molar-refractivity contribution >= 4 is 27.6 Å². The van der Waals surface area contributed by atoms with Crippen LogP contribution >= 0.6 is 0 Å². The Bertz CT molecular complexity index is 1210. The number of nitrogens with zero attached hydrogens (tertiary/aromatic N) is 1. The van der Waals surface area contributed by atoms with Crippen LogP contribution in [0.3, 0.4) is 0 Å². The van der Waals surface area contributed by atoms with Crippen LogP contribution in [-0.2, 0) is 11.2 Å². The molecular formula is C24H23N3O2. The van der Waals surface area contributed by atoms with E-state index in [1.54, 1.807) is 0 Å². The van der Waals surface area contributed by atoms with Gasteiger partial charge in [0, 0.05) is 28.6 Å². The first kappa shape index (κ1) is 17.9. The molecular weight excluding hydrogens is 362 g/mol. The highest BCUT2D eigenvalue weighted by Gasteiger charge is 2.43. The minimum absolute atomic E-state index is 0.0216. The van der Waals surface area contributed by atoms with Crippen molar-refractivity contribution in [3.63, 3.8) is 0 Å². The Morgan fingerprint density at radius 2 is 2.00 bits per heavy atom. The highest BCUT2D eigenvalue weighted by Crippen LogP contribution is 2.48. The Hall–Kier alpha value is -3.13. The van der Waals surface area contributed by atoms with Crippen molar-refractivity contribution in [2.45, 2.75) is 38.1 Å². The summed E-state index contributed by atoms with van der Waals surface area (Å²) in [6.07, 6.45) is 4.91. The predicted octanol–water partition coefficient (Wildman–Crippen LogP) is 3.67. The number of nitrogens with one attached hydrogen (secondary N) is 2. The number of carbonyl (C=O) groups is 1. The molecule has 2 N–H and O–H groups in total. The molecule has 5 nitrogen and oxygen atoms in total. The summed E-state index contributed by atoms with van der Waals surface area (Å²) in [7, 11) is 0. The number of H-pyrrole nitrogens is 1. The average molecular weight is 385 g/mol. The van der Waals surface area contributed by atoms with E-state index >= 15 is 0 Å². The zero-order chi connectivity index (χ0) is 20.0. The number of carbonyl (C=O) groups excluding carboxylic acids is 1. The smallest absolute Gasteiger partial charge is 0.256 e. The summed E-state index contributed by atoms with van der Waals surface area (Å²) in [6.45, 7) is 0. The zero-order valence-electron chi connectivity index (χ0n) is 16.2. The third-order valence-corrected chi connectivity index (χ3v) is 6.78. The molecule has 1 heterocycles. The molecule has 146 valence electrons. The molecule has 1 amide bonds. The molecule has 2 aliphatic carbocycles. The molecule has 29 heavy (non-hydrogen) atoms. The molecule has 2 saturated carbocycles. The second-order valence-corrected chi connectivity index (χ2v) is 8.56. The van der Waals surface area contributed by atoms with E-state index in [9.17, 15) is 14.9 Å². The largest absolute Gasteiger partial charge is 0.340 e. The maximum absolute atomic E-state index is 12.7. The summed E-state index contributed by atoms with van der Waals surface area (Å²) in [4.78, 5) is 28.1. The normalized spacial score (nSPS) is 23.9. The zero-order valence-corrected chi connectivity index (χ0v) is 16.2. The number of para-hydroxylation sites is 1. The lowest BCUT2D eigenvalue weighted by Crippen LogP contribution is -2.41. The number of benzene rings is 2. The van der Waals surface area contributed by atoms with Gasteiger partial charge in [0.15, 0.2) is 0 Å². The molecule has 2 aliphatic rings. The van der Waals surface area contributed by atoms with Gasteiger partial charge in [0.1, 0.15) is 6.04 Å². The first-order chi connectivity index (χ1) is 14.1. The van der Waals surface area contributed by atoms with Gasteiger partial charge < -0.3 is 10.3 Å². The third-order valence-electron chi connectivity index (χ3n) is 6.78. The Morgan fingerprint density at radius 1 is 1.14 bits per heavy atom. The maximum Gasteiger partial charge on any atom is 0.256 e. The lowest BCUT2D eigenvalue weighted by molar-refractivity contribution is -0.126. The Balaban J connectivity index is 1.38. The van der Waals surface area contributed by atoms with Gasteiger partial charge >= 0.3 is 0 Å². The number of rotatable bonds is 4. The van der Waals surface area contributed by atoms with Crippen LogP contribution in [0, 0.1) is 29.1 Å². The number of pyridine rings is 1. The predicted molar refractivity (Wildman–Crippen MR) is 112 cm³/mol. The first-order valence-corrected chi connectivity index (χ1v) is 10.4. The maximum atomic E-state index is 12.7. The van der Waals surface area contributed by atoms with E-state index < -0.39 is 6.04 Å². The highest BCUT2D eigenvalue weighted by atomic mass is 16.2. The van der Waals surface area contributed by atoms with E-state index in [1.807, 2.05) is 42.5 Å². The van der Waals surface area contributed by atoms with Crippen LogP contribution < -0.4 is 10.9 Å². The number of aromatic amines is 1. The molecule has 2 bridgehead atoms. The second-order valence-electron chi connectivity index (χ2n) is 8.56. The van der Waals surface area contributed by atoms with Crippen molar-refractivity contribution in [3.8, 4) is 6.07 Å². The summed E-state index contributed by atoms with van der Waals surface area (Å²) in [6, 6.07) is 15.1. The number of amides is 1. The van der Waals surface area contributed by atoms with E-state index in [1.165, 1.54) is 6.42 Å². The lowest BCUT2D eigenvalue weighted by atomic mass is 9.88.